The third-order valence-corrected chi connectivity index (χ3v) is 5.06. The summed E-state index contributed by atoms with van der Waals surface area (Å²) >= 11 is 0. The molecule has 0 spiro atoms. The third kappa shape index (κ3) is 4.60. The molecule has 3 nitrogen and oxygen atoms in total. The van der Waals surface area contributed by atoms with Gasteiger partial charge in [0.1, 0.15) is 0 Å². The van der Waals surface area contributed by atoms with Crippen molar-refractivity contribution in [2.45, 2.75) is 53.4 Å². The van der Waals surface area contributed by atoms with Crippen molar-refractivity contribution in [1.29, 1.82) is 0 Å². The molecule has 3 heteroatoms. The molecule has 1 heterocycles. The van der Waals surface area contributed by atoms with Crippen LogP contribution in [0.3, 0.4) is 0 Å². The maximum atomic E-state index is 12.2. The van der Waals surface area contributed by atoms with Crippen LogP contribution in [0, 0.1) is 17.8 Å². The van der Waals surface area contributed by atoms with Crippen molar-refractivity contribution in [3.8, 4) is 0 Å². The van der Waals surface area contributed by atoms with Gasteiger partial charge in [-0.3, -0.25) is 0 Å². The van der Waals surface area contributed by atoms with E-state index in [0.717, 1.165) is 32.3 Å². The van der Waals surface area contributed by atoms with Crippen molar-refractivity contribution in [1.82, 2.24) is 0 Å². The molecule has 0 aromatic heterocycles. The minimum absolute atomic E-state index is 0.213. The van der Waals surface area contributed by atoms with Gasteiger partial charge >= 0.3 is 5.97 Å². The highest BCUT2D eigenvalue weighted by atomic mass is 16.5. The molecule has 2 aliphatic rings. The summed E-state index contributed by atoms with van der Waals surface area (Å²) in [7, 11) is 0. The zero-order valence-electron chi connectivity index (χ0n) is 15.6. The number of esters is 1. The standard InChI is InChI=1S/C21H32O3/c1-5-8-18-19(12-21(22)24-7-3)16(6-2)11-15(4)9-10-17-13-23-14-20(17)18/h9-10,12,15-17H,5-8,11,13-14H2,1-4H3/b10-9-,19-12+,20-18-. The average Bonchev–Trinajstić information content (AvgIpc) is 3.02. The summed E-state index contributed by atoms with van der Waals surface area (Å²) in [4.78, 5) is 12.2. The monoisotopic (exact) mass is 332 g/mol. The van der Waals surface area contributed by atoms with Gasteiger partial charge in [0.15, 0.2) is 0 Å². The summed E-state index contributed by atoms with van der Waals surface area (Å²) in [6, 6.07) is 0. The van der Waals surface area contributed by atoms with E-state index >= 15 is 0 Å². The van der Waals surface area contributed by atoms with Gasteiger partial charge in [-0.15, -0.1) is 0 Å². The van der Waals surface area contributed by atoms with Gasteiger partial charge in [-0.1, -0.05) is 39.3 Å². The van der Waals surface area contributed by atoms with E-state index in [1.165, 1.54) is 16.7 Å². The van der Waals surface area contributed by atoms with Crippen LogP contribution in [0.4, 0.5) is 0 Å². The molecule has 1 aliphatic heterocycles. The van der Waals surface area contributed by atoms with E-state index in [4.69, 9.17) is 9.47 Å². The first-order valence-electron chi connectivity index (χ1n) is 9.47. The molecule has 0 saturated carbocycles. The summed E-state index contributed by atoms with van der Waals surface area (Å²) in [5.74, 6) is 1.04. The highest BCUT2D eigenvalue weighted by Crippen LogP contribution is 2.39. The lowest BCUT2D eigenvalue weighted by Gasteiger charge is -2.24. The van der Waals surface area contributed by atoms with E-state index in [1.54, 1.807) is 6.08 Å². The Balaban J connectivity index is 2.53. The third-order valence-electron chi connectivity index (χ3n) is 5.06. The molecule has 1 fully saturated rings. The summed E-state index contributed by atoms with van der Waals surface area (Å²) in [6.07, 6.45) is 10.6. The second kappa shape index (κ2) is 9.22. The fourth-order valence-electron chi connectivity index (χ4n) is 3.85. The Labute approximate surface area is 146 Å². The first-order chi connectivity index (χ1) is 11.6. The quantitative estimate of drug-likeness (QED) is 0.410. The van der Waals surface area contributed by atoms with Crippen LogP contribution >= 0.6 is 0 Å². The lowest BCUT2D eigenvalue weighted by atomic mass is 9.80. The van der Waals surface area contributed by atoms with E-state index < -0.39 is 0 Å². The Kier molecular flexibility index (Phi) is 7.29. The van der Waals surface area contributed by atoms with Gasteiger partial charge in [0.2, 0.25) is 0 Å². The van der Waals surface area contributed by atoms with Crippen molar-refractivity contribution in [3.63, 3.8) is 0 Å². The Hall–Kier alpha value is -1.35. The SMILES string of the molecule is CCC/C1=C2\COCC2/C=C\C(C)CC(CC)\C1=C/C(=O)OCC. The molecule has 3 atom stereocenters. The molecule has 0 aromatic carbocycles. The molecule has 134 valence electrons. The van der Waals surface area contributed by atoms with Crippen molar-refractivity contribution in [2.24, 2.45) is 17.8 Å². The smallest absolute Gasteiger partial charge is 0.331 e. The fraction of sp³-hybridized carbons (Fsp3) is 0.667. The number of rotatable bonds is 5. The molecule has 24 heavy (non-hydrogen) atoms. The molecular weight excluding hydrogens is 300 g/mol. The van der Waals surface area contributed by atoms with Crippen LogP contribution in [0.25, 0.3) is 0 Å². The van der Waals surface area contributed by atoms with Gasteiger partial charge in [-0.2, -0.15) is 0 Å². The van der Waals surface area contributed by atoms with Gasteiger partial charge in [-0.25, -0.2) is 4.79 Å². The first kappa shape index (κ1) is 19.0. The number of hydrogen-bond acceptors (Lipinski definition) is 3. The second-order valence-electron chi connectivity index (χ2n) is 6.93. The Morgan fingerprint density at radius 1 is 1.33 bits per heavy atom. The minimum atomic E-state index is -0.213. The van der Waals surface area contributed by atoms with Crippen LogP contribution < -0.4 is 0 Å². The molecular formula is C21H32O3. The van der Waals surface area contributed by atoms with E-state index in [1.807, 2.05) is 6.92 Å². The van der Waals surface area contributed by atoms with Gasteiger partial charge in [0.05, 0.1) is 19.8 Å². The van der Waals surface area contributed by atoms with Crippen LogP contribution in [0.2, 0.25) is 0 Å². The van der Waals surface area contributed by atoms with Gasteiger partial charge in [0.25, 0.3) is 0 Å². The molecule has 1 aliphatic carbocycles. The molecule has 3 unspecified atom stereocenters. The van der Waals surface area contributed by atoms with Crippen LogP contribution in [0.5, 0.6) is 0 Å². The zero-order valence-corrected chi connectivity index (χ0v) is 15.6. The molecule has 2 rings (SSSR count). The number of hydrogen-bond donors (Lipinski definition) is 0. The maximum absolute atomic E-state index is 12.2. The number of carbonyl (C=O) groups excluding carboxylic acids is 1. The maximum Gasteiger partial charge on any atom is 0.331 e. The largest absolute Gasteiger partial charge is 0.463 e. The summed E-state index contributed by atoms with van der Waals surface area (Å²) < 4.78 is 11.0. The topological polar surface area (TPSA) is 35.5 Å². The van der Waals surface area contributed by atoms with E-state index in [0.29, 0.717) is 31.0 Å². The van der Waals surface area contributed by atoms with Crippen molar-refractivity contribution in [3.05, 3.63) is 34.9 Å². The van der Waals surface area contributed by atoms with Crippen LogP contribution in [-0.4, -0.2) is 25.8 Å². The number of allylic oxidation sites excluding steroid dienone is 3. The highest BCUT2D eigenvalue weighted by Gasteiger charge is 2.29. The molecule has 0 radical (unpaired) electrons. The van der Waals surface area contributed by atoms with Gasteiger partial charge in [0, 0.05) is 12.0 Å². The van der Waals surface area contributed by atoms with Crippen molar-refractivity contribution < 1.29 is 14.3 Å². The lowest BCUT2D eigenvalue weighted by molar-refractivity contribution is -0.137. The van der Waals surface area contributed by atoms with Crippen molar-refractivity contribution >= 4 is 5.97 Å². The normalized spacial score (nSPS) is 33.5. The van der Waals surface area contributed by atoms with Gasteiger partial charge < -0.3 is 9.47 Å². The van der Waals surface area contributed by atoms with Crippen LogP contribution in [-0.2, 0) is 14.3 Å². The predicted molar refractivity (Wildman–Crippen MR) is 97.7 cm³/mol. The predicted octanol–water partition coefficient (Wildman–Crippen LogP) is 4.84. The van der Waals surface area contributed by atoms with Crippen molar-refractivity contribution in [2.75, 3.05) is 19.8 Å². The van der Waals surface area contributed by atoms with E-state index in [9.17, 15) is 4.79 Å². The molecule has 0 aromatic rings. The van der Waals surface area contributed by atoms with Crippen LogP contribution in [0.15, 0.2) is 34.9 Å². The molecule has 0 N–H and O–H groups in total. The second-order valence-corrected chi connectivity index (χ2v) is 6.93. The van der Waals surface area contributed by atoms with E-state index in [-0.39, 0.29) is 5.97 Å². The number of fused-ring (bicyclic) bond motifs is 1. The highest BCUT2D eigenvalue weighted by molar-refractivity contribution is 5.84. The number of ether oxygens (including phenoxy) is 2. The Morgan fingerprint density at radius 2 is 2.12 bits per heavy atom. The molecule has 0 bridgehead atoms. The zero-order chi connectivity index (χ0) is 17.5. The molecule has 1 saturated heterocycles. The molecule has 0 amide bonds. The summed E-state index contributed by atoms with van der Waals surface area (Å²) in [6.45, 7) is 10.4. The summed E-state index contributed by atoms with van der Waals surface area (Å²) in [5, 5.41) is 0. The van der Waals surface area contributed by atoms with Gasteiger partial charge in [-0.05, 0) is 54.7 Å². The first-order valence-corrected chi connectivity index (χ1v) is 9.47. The lowest BCUT2D eigenvalue weighted by Crippen LogP contribution is -2.14. The minimum Gasteiger partial charge on any atom is -0.463 e. The summed E-state index contributed by atoms with van der Waals surface area (Å²) in [5.41, 5.74) is 3.91. The Morgan fingerprint density at radius 3 is 2.79 bits per heavy atom. The Bertz CT molecular complexity index is 527. The van der Waals surface area contributed by atoms with Crippen LogP contribution in [0.1, 0.15) is 53.4 Å². The fourth-order valence-corrected chi connectivity index (χ4v) is 3.85. The number of carbonyl (C=O) groups is 1. The van der Waals surface area contributed by atoms with E-state index in [2.05, 4.69) is 32.9 Å². The average molecular weight is 332 g/mol.